The Labute approximate surface area is 99.8 Å². The molecule has 0 aliphatic carbocycles. The maximum absolute atomic E-state index is 11.2. The summed E-state index contributed by atoms with van der Waals surface area (Å²) in [6.45, 7) is 2.01. The van der Waals surface area contributed by atoms with Crippen LogP contribution in [0, 0.1) is 0 Å². The lowest BCUT2D eigenvalue weighted by molar-refractivity contribution is -0.121. The lowest BCUT2D eigenvalue weighted by Crippen LogP contribution is -2.16. The molecule has 1 rings (SSSR count). The van der Waals surface area contributed by atoms with Crippen LogP contribution < -0.4 is 5.43 Å². The largest absolute Gasteiger partial charge is 0.504 e. The number of nitrogens with one attached hydrogen (secondary N) is 1. The second-order valence-electron chi connectivity index (χ2n) is 3.64. The van der Waals surface area contributed by atoms with E-state index in [9.17, 15) is 9.90 Å². The van der Waals surface area contributed by atoms with E-state index in [0.717, 1.165) is 12.8 Å². The van der Waals surface area contributed by atoms with E-state index in [-0.39, 0.29) is 17.4 Å². The van der Waals surface area contributed by atoms with Crippen molar-refractivity contribution in [2.75, 3.05) is 0 Å². The minimum absolute atomic E-state index is 0.133. The lowest BCUT2D eigenvalue weighted by Gasteiger charge is -1.99. The van der Waals surface area contributed by atoms with Gasteiger partial charge in [-0.15, -0.1) is 0 Å². The summed E-state index contributed by atoms with van der Waals surface area (Å²) in [5, 5.41) is 22.1. The molecule has 0 atom stereocenters. The van der Waals surface area contributed by atoms with Crippen LogP contribution in [0.4, 0.5) is 0 Å². The third kappa shape index (κ3) is 4.55. The normalized spacial score (nSPS) is 10.6. The van der Waals surface area contributed by atoms with Gasteiger partial charge in [0, 0.05) is 6.42 Å². The van der Waals surface area contributed by atoms with Gasteiger partial charge >= 0.3 is 0 Å². The van der Waals surface area contributed by atoms with E-state index in [1.165, 1.54) is 18.3 Å². The summed E-state index contributed by atoms with van der Waals surface area (Å²) >= 11 is 0. The highest BCUT2D eigenvalue weighted by molar-refractivity contribution is 5.83. The van der Waals surface area contributed by atoms with Gasteiger partial charge in [0.05, 0.1) is 6.21 Å². The molecule has 0 heterocycles. The highest BCUT2D eigenvalue weighted by atomic mass is 16.3. The topological polar surface area (TPSA) is 81.9 Å². The van der Waals surface area contributed by atoms with Crippen molar-refractivity contribution < 1.29 is 15.0 Å². The Kier molecular flexibility index (Phi) is 5.00. The van der Waals surface area contributed by atoms with E-state index in [2.05, 4.69) is 10.5 Å². The van der Waals surface area contributed by atoms with E-state index in [0.29, 0.717) is 12.0 Å². The van der Waals surface area contributed by atoms with Crippen molar-refractivity contribution >= 4 is 12.1 Å². The zero-order chi connectivity index (χ0) is 12.7. The number of nitrogens with zero attached hydrogens (tertiary/aromatic N) is 1. The molecule has 3 N–H and O–H groups in total. The van der Waals surface area contributed by atoms with Gasteiger partial charge in [0.2, 0.25) is 5.91 Å². The summed E-state index contributed by atoms with van der Waals surface area (Å²) in [4.78, 5) is 11.2. The minimum Gasteiger partial charge on any atom is -0.504 e. The molecule has 0 radical (unpaired) electrons. The molecule has 0 bridgehead atoms. The molecule has 5 nitrogen and oxygen atoms in total. The van der Waals surface area contributed by atoms with Crippen LogP contribution >= 0.6 is 0 Å². The van der Waals surface area contributed by atoms with Gasteiger partial charge in [0.25, 0.3) is 0 Å². The number of carbonyl (C=O) groups is 1. The van der Waals surface area contributed by atoms with Crippen LogP contribution in [0.2, 0.25) is 0 Å². The first-order valence-corrected chi connectivity index (χ1v) is 5.47. The van der Waals surface area contributed by atoms with Gasteiger partial charge in [-0.2, -0.15) is 5.10 Å². The SMILES string of the molecule is CCCCC(=O)N/N=C/c1ccc(O)c(O)c1. The monoisotopic (exact) mass is 236 g/mol. The summed E-state index contributed by atoms with van der Waals surface area (Å²) in [6, 6.07) is 4.30. The molecule has 0 saturated heterocycles. The third-order valence-electron chi connectivity index (χ3n) is 2.16. The number of amides is 1. The predicted molar refractivity (Wildman–Crippen MR) is 65.0 cm³/mol. The van der Waals surface area contributed by atoms with Crippen LogP contribution in [0.15, 0.2) is 23.3 Å². The Balaban J connectivity index is 2.48. The Hall–Kier alpha value is -2.04. The van der Waals surface area contributed by atoms with Crippen molar-refractivity contribution in [3.05, 3.63) is 23.8 Å². The first kappa shape index (κ1) is 13.0. The zero-order valence-electron chi connectivity index (χ0n) is 9.68. The molecule has 0 spiro atoms. The predicted octanol–water partition coefficient (Wildman–Crippen LogP) is 1.74. The number of benzene rings is 1. The summed E-state index contributed by atoms with van der Waals surface area (Å²) in [5.41, 5.74) is 2.98. The second kappa shape index (κ2) is 6.52. The van der Waals surface area contributed by atoms with E-state index >= 15 is 0 Å². The van der Waals surface area contributed by atoms with Gasteiger partial charge in [-0.3, -0.25) is 4.79 Å². The van der Waals surface area contributed by atoms with E-state index in [1.54, 1.807) is 6.07 Å². The fraction of sp³-hybridized carbons (Fsp3) is 0.333. The average Bonchev–Trinajstić information content (AvgIpc) is 2.31. The molecule has 5 heteroatoms. The van der Waals surface area contributed by atoms with Crippen LogP contribution in [0.25, 0.3) is 0 Å². The van der Waals surface area contributed by atoms with E-state index < -0.39 is 0 Å². The number of hydrogen-bond donors (Lipinski definition) is 3. The summed E-state index contributed by atoms with van der Waals surface area (Å²) in [6.07, 6.45) is 3.65. The highest BCUT2D eigenvalue weighted by Gasteiger charge is 1.99. The Morgan fingerprint density at radius 1 is 1.41 bits per heavy atom. The van der Waals surface area contributed by atoms with Crippen molar-refractivity contribution in [2.24, 2.45) is 5.10 Å². The maximum Gasteiger partial charge on any atom is 0.240 e. The van der Waals surface area contributed by atoms with Crippen LogP contribution in [-0.2, 0) is 4.79 Å². The molecule has 0 aliphatic rings. The van der Waals surface area contributed by atoms with Gasteiger partial charge in [-0.1, -0.05) is 13.3 Å². The Morgan fingerprint density at radius 2 is 2.18 bits per heavy atom. The number of hydrazone groups is 1. The fourth-order valence-corrected chi connectivity index (χ4v) is 1.19. The number of phenolic OH excluding ortho intramolecular Hbond substituents is 2. The molecule has 1 amide bonds. The van der Waals surface area contributed by atoms with Crippen molar-refractivity contribution in [3.63, 3.8) is 0 Å². The van der Waals surface area contributed by atoms with Crippen molar-refractivity contribution in [1.29, 1.82) is 0 Å². The average molecular weight is 236 g/mol. The Bertz CT molecular complexity index is 416. The highest BCUT2D eigenvalue weighted by Crippen LogP contribution is 2.23. The molecular weight excluding hydrogens is 220 g/mol. The van der Waals surface area contributed by atoms with Crippen molar-refractivity contribution in [2.45, 2.75) is 26.2 Å². The first-order valence-electron chi connectivity index (χ1n) is 5.47. The number of rotatable bonds is 5. The number of carbonyl (C=O) groups excluding carboxylic acids is 1. The van der Waals surface area contributed by atoms with Gasteiger partial charge in [-0.25, -0.2) is 5.43 Å². The molecule has 0 fully saturated rings. The Morgan fingerprint density at radius 3 is 2.82 bits per heavy atom. The minimum atomic E-state index is -0.216. The molecule has 0 aromatic heterocycles. The fourth-order valence-electron chi connectivity index (χ4n) is 1.19. The first-order chi connectivity index (χ1) is 8.13. The molecule has 0 unspecified atom stereocenters. The zero-order valence-corrected chi connectivity index (χ0v) is 9.68. The number of aromatic hydroxyl groups is 2. The summed E-state index contributed by atoms with van der Waals surface area (Å²) in [5.74, 6) is -0.536. The molecule has 1 aromatic rings. The lowest BCUT2D eigenvalue weighted by atomic mass is 10.2. The summed E-state index contributed by atoms with van der Waals surface area (Å²) in [7, 11) is 0. The van der Waals surface area contributed by atoms with Crippen molar-refractivity contribution in [1.82, 2.24) is 5.43 Å². The molecule has 1 aromatic carbocycles. The number of phenols is 2. The number of unbranched alkanes of at least 4 members (excludes halogenated alkanes) is 1. The van der Waals surface area contributed by atoms with E-state index in [4.69, 9.17) is 5.11 Å². The smallest absolute Gasteiger partial charge is 0.240 e. The van der Waals surface area contributed by atoms with Crippen LogP contribution in [-0.4, -0.2) is 22.3 Å². The van der Waals surface area contributed by atoms with Gasteiger partial charge < -0.3 is 10.2 Å². The standard InChI is InChI=1S/C12H16N2O3/c1-2-3-4-12(17)14-13-8-9-5-6-10(15)11(16)7-9/h5-8,15-16H,2-4H2,1H3,(H,14,17)/b13-8+. The molecule has 0 aliphatic heterocycles. The van der Waals surface area contributed by atoms with Crippen LogP contribution in [0.3, 0.4) is 0 Å². The summed E-state index contributed by atoms with van der Waals surface area (Å²) < 4.78 is 0. The maximum atomic E-state index is 11.2. The molecule has 92 valence electrons. The van der Waals surface area contributed by atoms with E-state index in [1.807, 2.05) is 6.92 Å². The number of hydrogen-bond acceptors (Lipinski definition) is 4. The second-order valence-corrected chi connectivity index (χ2v) is 3.64. The van der Waals surface area contributed by atoms with Gasteiger partial charge in [0.15, 0.2) is 11.5 Å². The van der Waals surface area contributed by atoms with Crippen LogP contribution in [0.1, 0.15) is 31.7 Å². The quantitative estimate of drug-likeness (QED) is 0.413. The third-order valence-corrected chi connectivity index (χ3v) is 2.16. The molecule has 17 heavy (non-hydrogen) atoms. The van der Waals surface area contributed by atoms with Crippen molar-refractivity contribution in [3.8, 4) is 11.5 Å². The van der Waals surface area contributed by atoms with Gasteiger partial charge in [-0.05, 0) is 30.2 Å². The molecular formula is C12H16N2O3. The van der Waals surface area contributed by atoms with Crippen LogP contribution in [0.5, 0.6) is 11.5 Å². The molecule has 0 saturated carbocycles. The van der Waals surface area contributed by atoms with Gasteiger partial charge in [0.1, 0.15) is 0 Å².